The van der Waals surface area contributed by atoms with Crippen LogP contribution in [0.1, 0.15) is 11.1 Å². The summed E-state index contributed by atoms with van der Waals surface area (Å²) in [7, 11) is 5.86. The van der Waals surface area contributed by atoms with Crippen molar-refractivity contribution in [1.82, 2.24) is 30.4 Å². The van der Waals surface area contributed by atoms with Gasteiger partial charge >= 0.3 is 0 Å². The summed E-state index contributed by atoms with van der Waals surface area (Å²) in [4.78, 5) is 11.0. The lowest BCUT2D eigenvalue weighted by Gasteiger charge is -2.15. The average molecular weight is 412 g/mol. The van der Waals surface area contributed by atoms with Crippen molar-refractivity contribution >= 4 is 5.70 Å². The minimum Gasteiger partial charge on any atom is -0.415 e. The Hall–Kier alpha value is -3.84. The van der Waals surface area contributed by atoms with E-state index < -0.39 is 0 Å². The molecule has 0 amide bonds. The van der Waals surface area contributed by atoms with Gasteiger partial charge in [0, 0.05) is 37.5 Å². The molecule has 4 aromatic rings. The summed E-state index contributed by atoms with van der Waals surface area (Å²) in [6.45, 7) is 4.90. The van der Waals surface area contributed by atoms with E-state index in [9.17, 15) is 0 Å². The Kier molecular flexibility index (Phi) is 5.86. The molecule has 31 heavy (non-hydrogen) atoms. The fourth-order valence-corrected chi connectivity index (χ4v) is 3.11. The predicted molar refractivity (Wildman–Crippen MR) is 122 cm³/mol. The lowest BCUT2D eigenvalue weighted by molar-refractivity contribution is 0.582. The molecule has 7 nitrogen and oxygen atoms in total. The van der Waals surface area contributed by atoms with Crippen LogP contribution in [-0.4, -0.2) is 46.2 Å². The molecule has 156 valence electrons. The fraction of sp³-hybridized carbons (Fsp3) is 0.167. The number of nitrogens with one attached hydrogen (secondary N) is 1. The molecule has 7 heteroatoms. The maximum atomic E-state index is 5.87. The van der Waals surface area contributed by atoms with Gasteiger partial charge in [0.25, 0.3) is 5.89 Å². The van der Waals surface area contributed by atoms with Crippen LogP contribution in [0, 0.1) is 0 Å². The summed E-state index contributed by atoms with van der Waals surface area (Å²) >= 11 is 0. The van der Waals surface area contributed by atoms with Gasteiger partial charge in [-0.25, -0.2) is 4.98 Å². The first-order valence-electron chi connectivity index (χ1n) is 9.92. The van der Waals surface area contributed by atoms with Crippen molar-refractivity contribution in [3.05, 3.63) is 78.6 Å². The van der Waals surface area contributed by atoms with Crippen molar-refractivity contribution in [1.29, 1.82) is 0 Å². The van der Waals surface area contributed by atoms with Gasteiger partial charge in [0.15, 0.2) is 0 Å². The van der Waals surface area contributed by atoms with Crippen LogP contribution in [0.15, 0.2) is 71.9 Å². The summed E-state index contributed by atoms with van der Waals surface area (Å²) in [5.74, 6) is 0.783. The summed E-state index contributed by atoms with van der Waals surface area (Å²) < 4.78 is 5.87. The van der Waals surface area contributed by atoms with Crippen LogP contribution in [0.3, 0.4) is 0 Å². The molecule has 0 bridgehead atoms. The average Bonchev–Trinajstić information content (AvgIpc) is 3.30. The Morgan fingerprint density at radius 1 is 0.903 bits per heavy atom. The summed E-state index contributed by atoms with van der Waals surface area (Å²) in [5, 5.41) is 11.5. The lowest BCUT2D eigenvalue weighted by atomic mass is 10.1. The molecule has 0 aliphatic heterocycles. The van der Waals surface area contributed by atoms with Crippen LogP contribution in [0.2, 0.25) is 0 Å². The minimum absolute atomic E-state index is 0.334. The van der Waals surface area contributed by atoms with Gasteiger partial charge in [0.05, 0.1) is 18.1 Å². The standard InChI is InChI=1S/C24H24N6O/c1-16(30(3)4)18-9-11-19(12-10-18)21-14-26-15-22(27-21)24-29-28-23(31-24)20-7-5-17(6-8-20)13-25-2/h5-12,14-15,25H,1,13H2,2-4H3. The third kappa shape index (κ3) is 4.51. The van der Waals surface area contributed by atoms with E-state index in [4.69, 9.17) is 4.42 Å². The molecule has 0 aliphatic carbocycles. The third-order valence-corrected chi connectivity index (χ3v) is 4.91. The van der Waals surface area contributed by atoms with E-state index in [0.29, 0.717) is 17.5 Å². The summed E-state index contributed by atoms with van der Waals surface area (Å²) in [5.41, 5.74) is 6.26. The van der Waals surface area contributed by atoms with Gasteiger partial charge in [0.1, 0.15) is 5.69 Å². The molecule has 0 saturated carbocycles. The van der Waals surface area contributed by atoms with Gasteiger partial charge in [-0.15, -0.1) is 10.2 Å². The Morgan fingerprint density at radius 3 is 2.23 bits per heavy atom. The minimum atomic E-state index is 0.334. The first-order valence-corrected chi connectivity index (χ1v) is 9.92. The van der Waals surface area contributed by atoms with Crippen LogP contribution in [0.5, 0.6) is 0 Å². The molecule has 1 N–H and O–H groups in total. The number of rotatable bonds is 7. The summed E-state index contributed by atoms with van der Waals surface area (Å²) in [6, 6.07) is 16.1. The number of aromatic nitrogens is 4. The van der Waals surface area contributed by atoms with Crippen LogP contribution in [0.4, 0.5) is 0 Å². The third-order valence-electron chi connectivity index (χ3n) is 4.91. The second-order valence-corrected chi connectivity index (χ2v) is 7.35. The zero-order valence-electron chi connectivity index (χ0n) is 17.8. The highest BCUT2D eigenvalue weighted by molar-refractivity contribution is 5.67. The van der Waals surface area contributed by atoms with E-state index in [0.717, 1.165) is 34.6 Å². The Labute approximate surface area is 181 Å². The fourth-order valence-electron chi connectivity index (χ4n) is 3.11. The highest BCUT2D eigenvalue weighted by Crippen LogP contribution is 2.25. The largest absolute Gasteiger partial charge is 0.415 e. The molecule has 0 fully saturated rings. The van der Waals surface area contributed by atoms with Crippen LogP contribution in [-0.2, 0) is 6.54 Å². The van der Waals surface area contributed by atoms with E-state index in [1.807, 2.05) is 74.6 Å². The molecular formula is C24H24N6O. The molecule has 0 aliphatic rings. The Balaban J connectivity index is 1.57. The van der Waals surface area contributed by atoms with Crippen molar-refractivity contribution < 1.29 is 4.42 Å². The van der Waals surface area contributed by atoms with Crippen molar-refractivity contribution in [2.45, 2.75) is 6.54 Å². The first kappa shape index (κ1) is 20.4. The van der Waals surface area contributed by atoms with E-state index in [2.05, 4.69) is 32.1 Å². The number of hydrogen-bond donors (Lipinski definition) is 1. The van der Waals surface area contributed by atoms with E-state index in [1.54, 1.807) is 12.4 Å². The number of nitrogens with zero attached hydrogens (tertiary/aromatic N) is 5. The maximum absolute atomic E-state index is 5.87. The SMILES string of the molecule is C=C(c1ccc(-c2cncc(-c3nnc(-c4ccc(CNC)cc4)o3)n2)cc1)N(C)C. The van der Waals surface area contributed by atoms with Gasteiger partial charge in [0.2, 0.25) is 5.89 Å². The van der Waals surface area contributed by atoms with Crippen molar-refractivity contribution in [2.24, 2.45) is 0 Å². The van der Waals surface area contributed by atoms with Gasteiger partial charge in [-0.3, -0.25) is 4.98 Å². The van der Waals surface area contributed by atoms with Gasteiger partial charge in [-0.05, 0) is 30.3 Å². The molecular weight excluding hydrogens is 388 g/mol. The van der Waals surface area contributed by atoms with Crippen molar-refractivity contribution in [3.63, 3.8) is 0 Å². The molecule has 2 heterocycles. The molecule has 0 atom stereocenters. The van der Waals surface area contributed by atoms with Crippen LogP contribution >= 0.6 is 0 Å². The zero-order chi connectivity index (χ0) is 21.8. The highest BCUT2D eigenvalue weighted by Gasteiger charge is 2.13. The first-order chi connectivity index (χ1) is 15.0. The molecule has 2 aromatic carbocycles. The van der Waals surface area contributed by atoms with Crippen molar-refractivity contribution in [3.8, 4) is 34.3 Å². The monoisotopic (exact) mass is 412 g/mol. The highest BCUT2D eigenvalue weighted by atomic mass is 16.4. The Morgan fingerprint density at radius 2 is 1.55 bits per heavy atom. The van der Waals surface area contributed by atoms with Gasteiger partial charge < -0.3 is 14.6 Å². The van der Waals surface area contributed by atoms with Gasteiger partial charge in [-0.2, -0.15) is 0 Å². The number of hydrogen-bond acceptors (Lipinski definition) is 7. The van der Waals surface area contributed by atoms with Gasteiger partial charge in [-0.1, -0.05) is 43.0 Å². The van der Waals surface area contributed by atoms with Crippen LogP contribution < -0.4 is 5.32 Å². The maximum Gasteiger partial charge on any atom is 0.268 e. The Bertz CT molecular complexity index is 1180. The van der Waals surface area contributed by atoms with Crippen molar-refractivity contribution in [2.75, 3.05) is 21.1 Å². The topological polar surface area (TPSA) is 80.0 Å². The number of benzene rings is 2. The zero-order valence-corrected chi connectivity index (χ0v) is 17.8. The smallest absolute Gasteiger partial charge is 0.268 e. The quantitative estimate of drug-likeness (QED) is 0.489. The predicted octanol–water partition coefficient (Wildman–Crippen LogP) is 4.11. The molecule has 2 aromatic heterocycles. The van der Waals surface area contributed by atoms with E-state index >= 15 is 0 Å². The lowest BCUT2D eigenvalue weighted by Crippen LogP contribution is -2.08. The normalized spacial score (nSPS) is 10.8. The van der Waals surface area contributed by atoms with E-state index in [-0.39, 0.29) is 0 Å². The molecule has 0 unspecified atom stereocenters. The molecule has 4 rings (SSSR count). The van der Waals surface area contributed by atoms with Crippen LogP contribution in [0.25, 0.3) is 40.0 Å². The second kappa shape index (κ2) is 8.89. The molecule has 0 radical (unpaired) electrons. The molecule has 0 spiro atoms. The summed E-state index contributed by atoms with van der Waals surface area (Å²) in [6.07, 6.45) is 3.34. The van der Waals surface area contributed by atoms with E-state index in [1.165, 1.54) is 5.56 Å². The second-order valence-electron chi connectivity index (χ2n) is 7.35. The molecule has 0 saturated heterocycles.